The Balaban J connectivity index is 2.12. The van der Waals surface area contributed by atoms with Gasteiger partial charge in [0.1, 0.15) is 5.75 Å². The van der Waals surface area contributed by atoms with Gasteiger partial charge in [-0.15, -0.1) is 6.58 Å². The lowest BCUT2D eigenvalue weighted by atomic mass is 10.1. The van der Waals surface area contributed by atoms with E-state index in [-0.39, 0.29) is 11.9 Å². The van der Waals surface area contributed by atoms with Gasteiger partial charge < -0.3 is 9.64 Å². The summed E-state index contributed by atoms with van der Waals surface area (Å²) in [5.74, 6) is 1.03. The molecule has 0 saturated carbocycles. The molecule has 126 valence electrons. The van der Waals surface area contributed by atoms with Crippen LogP contribution in [-0.2, 0) is 11.3 Å². The lowest BCUT2D eigenvalue weighted by molar-refractivity contribution is -0.136. The predicted molar refractivity (Wildman–Crippen MR) is 93.5 cm³/mol. The molecule has 1 aliphatic rings. The zero-order valence-electron chi connectivity index (χ0n) is 14.3. The molecule has 1 aliphatic heterocycles. The van der Waals surface area contributed by atoms with E-state index in [1.54, 1.807) is 13.2 Å². The predicted octanol–water partition coefficient (Wildman–Crippen LogP) is 3.08. The summed E-state index contributed by atoms with van der Waals surface area (Å²) in [7, 11) is 3.72. The van der Waals surface area contributed by atoms with Crippen molar-refractivity contribution < 1.29 is 9.53 Å². The number of hydrogen-bond acceptors (Lipinski definition) is 3. The summed E-state index contributed by atoms with van der Waals surface area (Å²) < 4.78 is 5.27. The molecule has 0 N–H and O–H groups in total. The minimum Gasteiger partial charge on any atom is -0.497 e. The molecular weight excluding hydrogens is 288 g/mol. The van der Waals surface area contributed by atoms with Gasteiger partial charge in [0.15, 0.2) is 0 Å². The molecule has 0 bridgehead atoms. The van der Waals surface area contributed by atoms with Gasteiger partial charge in [0.2, 0.25) is 5.91 Å². The smallest absolute Gasteiger partial charge is 0.240 e. The van der Waals surface area contributed by atoms with Crippen molar-refractivity contribution in [2.45, 2.75) is 38.3 Å². The average Bonchev–Trinajstić information content (AvgIpc) is 2.78. The van der Waals surface area contributed by atoms with Gasteiger partial charge in [0, 0.05) is 13.1 Å². The summed E-state index contributed by atoms with van der Waals surface area (Å²) in [6, 6.07) is 7.89. The van der Waals surface area contributed by atoms with Gasteiger partial charge in [-0.3, -0.25) is 9.69 Å². The molecule has 0 spiro atoms. The van der Waals surface area contributed by atoms with Gasteiger partial charge in [-0.25, -0.2) is 0 Å². The summed E-state index contributed by atoms with van der Waals surface area (Å²) in [5.41, 5.74) is 1.08. The maximum Gasteiger partial charge on any atom is 0.240 e. The molecule has 23 heavy (non-hydrogen) atoms. The molecule has 1 aromatic carbocycles. The molecule has 2 rings (SSSR count). The van der Waals surface area contributed by atoms with Crippen molar-refractivity contribution in [3.8, 4) is 5.75 Å². The van der Waals surface area contributed by atoms with Crippen molar-refractivity contribution in [3.05, 3.63) is 42.5 Å². The topological polar surface area (TPSA) is 32.8 Å². The van der Waals surface area contributed by atoms with Crippen molar-refractivity contribution >= 4 is 5.91 Å². The van der Waals surface area contributed by atoms with Gasteiger partial charge >= 0.3 is 0 Å². The summed E-state index contributed by atoms with van der Waals surface area (Å²) in [6.07, 6.45) is 6.26. The third-order valence-corrected chi connectivity index (χ3v) is 4.47. The Morgan fingerprint density at radius 1 is 1.43 bits per heavy atom. The third-order valence-electron chi connectivity index (χ3n) is 4.47. The minimum absolute atomic E-state index is 0.0111. The first kappa shape index (κ1) is 17.5. The molecule has 1 fully saturated rings. The zero-order valence-corrected chi connectivity index (χ0v) is 14.3. The Bertz CT molecular complexity index is 530. The number of carbonyl (C=O) groups is 1. The second-order valence-corrected chi connectivity index (χ2v) is 6.20. The Morgan fingerprint density at radius 3 is 3.00 bits per heavy atom. The first-order chi connectivity index (χ1) is 11.2. The fourth-order valence-electron chi connectivity index (χ4n) is 3.15. The normalized spacial score (nSPS) is 19.0. The van der Waals surface area contributed by atoms with Crippen molar-refractivity contribution in [1.29, 1.82) is 0 Å². The van der Waals surface area contributed by atoms with Gasteiger partial charge in [-0.2, -0.15) is 0 Å². The number of amides is 1. The molecule has 1 aromatic rings. The number of carbonyl (C=O) groups excluding carboxylic acids is 1. The molecule has 0 aromatic heterocycles. The Hall–Kier alpha value is -1.81. The summed E-state index contributed by atoms with van der Waals surface area (Å²) in [4.78, 5) is 17.1. The lowest BCUT2D eigenvalue weighted by Gasteiger charge is -2.31. The maximum absolute atomic E-state index is 13.0. The van der Waals surface area contributed by atoms with Crippen LogP contribution in [0.5, 0.6) is 5.75 Å². The van der Waals surface area contributed by atoms with Gasteiger partial charge in [-0.05, 0) is 44.1 Å². The molecule has 0 aliphatic carbocycles. The molecule has 1 heterocycles. The van der Waals surface area contributed by atoms with E-state index in [9.17, 15) is 4.79 Å². The first-order valence-corrected chi connectivity index (χ1v) is 8.38. The molecule has 4 nitrogen and oxygen atoms in total. The van der Waals surface area contributed by atoms with Crippen LogP contribution in [0.4, 0.5) is 0 Å². The standard InChI is InChI=1S/C19H28N2O2/c1-4-12-21(15-16-9-8-10-17(14-16)23-3)19(22)18-11-6-5-7-13-20(18)2/h4,8-10,14,18H,1,5-7,11-13,15H2,2-3H3. The van der Waals surface area contributed by atoms with E-state index in [1.165, 1.54) is 12.8 Å². The molecule has 0 radical (unpaired) electrons. The number of benzene rings is 1. The van der Waals surface area contributed by atoms with Crippen LogP contribution >= 0.6 is 0 Å². The minimum atomic E-state index is -0.0111. The van der Waals surface area contributed by atoms with Crippen molar-refractivity contribution in [1.82, 2.24) is 9.80 Å². The van der Waals surface area contributed by atoms with E-state index in [0.717, 1.165) is 30.7 Å². The van der Waals surface area contributed by atoms with E-state index in [0.29, 0.717) is 13.1 Å². The molecule has 4 heteroatoms. The number of hydrogen-bond donors (Lipinski definition) is 0. The third kappa shape index (κ3) is 4.83. The van der Waals surface area contributed by atoms with Crippen LogP contribution in [0.25, 0.3) is 0 Å². The number of likely N-dealkylation sites (tertiary alicyclic amines) is 1. The Labute approximate surface area is 139 Å². The van der Waals surface area contributed by atoms with Crippen LogP contribution in [-0.4, -0.2) is 49.0 Å². The van der Waals surface area contributed by atoms with Crippen LogP contribution in [0.15, 0.2) is 36.9 Å². The molecule has 1 saturated heterocycles. The first-order valence-electron chi connectivity index (χ1n) is 8.38. The Kier molecular flexibility index (Phi) is 6.66. The van der Waals surface area contributed by atoms with Crippen LogP contribution in [0.2, 0.25) is 0 Å². The maximum atomic E-state index is 13.0. The molecule has 1 amide bonds. The Morgan fingerprint density at radius 2 is 2.26 bits per heavy atom. The highest BCUT2D eigenvalue weighted by molar-refractivity contribution is 5.82. The summed E-state index contributed by atoms with van der Waals surface area (Å²) in [5, 5.41) is 0. The highest BCUT2D eigenvalue weighted by Crippen LogP contribution is 2.19. The van der Waals surface area contributed by atoms with Crippen LogP contribution in [0.3, 0.4) is 0 Å². The van der Waals surface area contributed by atoms with Gasteiger partial charge in [0.05, 0.1) is 13.2 Å². The zero-order chi connectivity index (χ0) is 16.7. The number of rotatable bonds is 6. The average molecular weight is 316 g/mol. The summed E-state index contributed by atoms with van der Waals surface area (Å²) >= 11 is 0. The van der Waals surface area contributed by atoms with Crippen LogP contribution in [0.1, 0.15) is 31.2 Å². The second kappa shape index (κ2) is 8.73. The number of likely N-dealkylation sites (N-methyl/N-ethyl adjacent to an activating group) is 1. The monoisotopic (exact) mass is 316 g/mol. The van der Waals surface area contributed by atoms with E-state index < -0.39 is 0 Å². The van der Waals surface area contributed by atoms with Gasteiger partial charge in [-0.1, -0.05) is 31.1 Å². The number of methoxy groups -OCH3 is 1. The van der Waals surface area contributed by atoms with Gasteiger partial charge in [0.25, 0.3) is 0 Å². The SMILES string of the molecule is C=CCN(Cc1cccc(OC)c1)C(=O)C1CCCCCN1C. The largest absolute Gasteiger partial charge is 0.497 e. The van der Waals surface area contributed by atoms with E-state index in [4.69, 9.17) is 4.74 Å². The highest BCUT2D eigenvalue weighted by atomic mass is 16.5. The fourth-order valence-corrected chi connectivity index (χ4v) is 3.15. The van der Waals surface area contributed by atoms with Crippen molar-refractivity contribution in [2.75, 3.05) is 27.2 Å². The van der Waals surface area contributed by atoms with Crippen LogP contribution in [0, 0.1) is 0 Å². The number of nitrogens with zero attached hydrogens (tertiary/aromatic N) is 2. The lowest BCUT2D eigenvalue weighted by Crippen LogP contribution is -2.46. The van der Waals surface area contributed by atoms with E-state index >= 15 is 0 Å². The fraction of sp³-hybridized carbons (Fsp3) is 0.526. The highest BCUT2D eigenvalue weighted by Gasteiger charge is 2.28. The molecule has 1 atom stereocenters. The molecule has 1 unspecified atom stereocenters. The van der Waals surface area contributed by atoms with E-state index in [1.807, 2.05) is 29.2 Å². The van der Waals surface area contributed by atoms with E-state index in [2.05, 4.69) is 18.5 Å². The second-order valence-electron chi connectivity index (χ2n) is 6.20. The molecular formula is C19H28N2O2. The van der Waals surface area contributed by atoms with Crippen molar-refractivity contribution in [2.24, 2.45) is 0 Å². The quantitative estimate of drug-likeness (QED) is 0.756. The van der Waals surface area contributed by atoms with Crippen molar-refractivity contribution in [3.63, 3.8) is 0 Å². The van der Waals surface area contributed by atoms with Crippen LogP contribution < -0.4 is 4.74 Å². The summed E-state index contributed by atoms with van der Waals surface area (Å²) in [6.45, 7) is 5.97. The number of ether oxygens (including phenoxy) is 1.